The predicted octanol–water partition coefficient (Wildman–Crippen LogP) is 4.62. The summed E-state index contributed by atoms with van der Waals surface area (Å²) < 4.78 is 40.2. The highest BCUT2D eigenvalue weighted by Crippen LogP contribution is 2.37. The Bertz CT molecular complexity index is 1230. The van der Waals surface area contributed by atoms with Crippen LogP contribution in [-0.2, 0) is 6.18 Å². The number of hydrogen-bond acceptors (Lipinski definition) is 6. The van der Waals surface area contributed by atoms with Crippen LogP contribution in [-0.4, -0.2) is 47.3 Å². The first-order valence-corrected chi connectivity index (χ1v) is 11.6. The van der Waals surface area contributed by atoms with Crippen molar-refractivity contribution in [2.24, 2.45) is 5.73 Å². The van der Waals surface area contributed by atoms with E-state index in [1.165, 1.54) is 25.8 Å². The first kappa shape index (κ1) is 22.9. The summed E-state index contributed by atoms with van der Waals surface area (Å²) in [7, 11) is 2.19. The van der Waals surface area contributed by atoms with Crippen LogP contribution in [0.4, 0.5) is 24.7 Å². The number of aromatic nitrogens is 2. The van der Waals surface area contributed by atoms with E-state index in [0.717, 1.165) is 41.3 Å². The van der Waals surface area contributed by atoms with Crippen molar-refractivity contribution in [3.8, 4) is 0 Å². The van der Waals surface area contributed by atoms with Gasteiger partial charge in [-0.15, -0.1) is 5.10 Å². The molecule has 3 aliphatic rings. The third-order valence-electron chi connectivity index (χ3n) is 7.39. The second-order valence-electron chi connectivity index (χ2n) is 9.48. The van der Waals surface area contributed by atoms with Gasteiger partial charge in [0.15, 0.2) is 5.82 Å². The van der Waals surface area contributed by atoms with Gasteiger partial charge in [0.05, 0.1) is 11.3 Å². The van der Waals surface area contributed by atoms with E-state index in [0.29, 0.717) is 23.5 Å². The van der Waals surface area contributed by atoms with Crippen LogP contribution < -0.4 is 16.0 Å². The number of rotatable bonds is 4. The number of nitrogens with zero attached hydrogens (tertiary/aromatic N) is 4. The highest BCUT2D eigenvalue weighted by atomic mass is 19.4. The van der Waals surface area contributed by atoms with Crippen LogP contribution in [0, 0.1) is 13.8 Å². The zero-order valence-electron chi connectivity index (χ0n) is 19.5. The Labute approximate surface area is 196 Å². The number of benzene rings is 2. The van der Waals surface area contributed by atoms with Gasteiger partial charge >= 0.3 is 6.18 Å². The van der Waals surface area contributed by atoms with Gasteiger partial charge < -0.3 is 16.0 Å². The molecule has 3 N–H and O–H groups in total. The van der Waals surface area contributed by atoms with Crippen molar-refractivity contribution in [2.45, 2.75) is 51.1 Å². The molecule has 3 saturated heterocycles. The van der Waals surface area contributed by atoms with Gasteiger partial charge in [0.1, 0.15) is 6.17 Å². The highest BCUT2D eigenvalue weighted by molar-refractivity contribution is 5.95. The van der Waals surface area contributed by atoms with E-state index < -0.39 is 17.9 Å². The topological polar surface area (TPSA) is 70.3 Å². The van der Waals surface area contributed by atoms with E-state index in [4.69, 9.17) is 5.73 Å². The van der Waals surface area contributed by atoms with Crippen LogP contribution in [0.1, 0.15) is 41.4 Å². The minimum Gasteiger partial charge on any atom is -0.366 e. The summed E-state index contributed by atoms with van der Waals surface area (Å²) in [6, 6.07) is 11.4. The molecule has 3 aromatic rings. The van der Waals surface area contributed by atoms with Crippen LogP contribution in [0.15, 0.2) is 36.4 Å². The molecule has 3 aliphatic heterocycles. The predicted molar refractivity (Wildman–Crippen MR) is 128 cm³/mol. The molecule has 34 heavy (non-hydrogen) atoms. The molecule has 0 radical (unpaired) electrons. The number of nitrogens with two attached hydrogens (primary N) is 1. The average Bonchev–Trinajstić information content (AvgIpc) is 2.80. The van der Waals surface area contributed by atoms with Gasteiger partial charge in [0.2, 0.25) is 0 Å². The molecule has 6 rings (SSSR count). The largest absolute Gasteiger partial charge is 0.416 e. The Kier molecular flexibility index (Phi) is 5.64. The van der Waals surface area contributed by atoms with Gasteiger partial charge in [-0.1, -0.05) is 18.2 Å². The Morgan fingerprint density at radius 3 is 2.47 bits per heavy atom. The van der Waals surface area contributed by atoms with E-state index >= 15 is 0 Å². The van der Waals surface area contributed by atoms with E-state index in [1.807, 2.05) is 13.0 Å². The van der Waals surface area contributed by atoms with Gasteiger partial charge in [0, 0.05) is 41.6 Å². The Hall–Kier alpha value is -2.91. The van der Waals surface area contributed by atoms with Crippen molar-refractivity contribution in [3.63, 3.8) is 0 Å². The molecule has 0 saturated carbocycles. The number of anilines is 2. The molecule has 4 heterocycles. The number of aryl methyl sites for hydroxylation is 1. The number of likely N-dealkylation sites (N-methyl/N-ethyl adjacent to an activating group) is 1. The maximum Gasteiger partial charge on any atom is 0.416 e. The Balaban J connectivity index is 1.50. The molecule has 0 spiro atoms. The lowest BCUT2D eigenvalue weighted by Crippen LogP contribution is -2.61. The summed E-state index contributed by atoms with van der Waals surface area (Å²) in [6.07, 6.45) is -2.92. The van der Waals surface area contributed by atoms with Crippen LogP contribution in [0.25, 0.3) is 10.8 Å². The zero-order chi connectivity index (χ0) is 24.2. The number of fused-ring (bicyclic) bond motifs is 4. The molecule has 2 bridgehead atoms. The summed E-state index contributed by atoms with van der Waals surface area (Å²) >= 11 is 0. The van der Waals surface area contributed by atoms with E-state index in [2.05, 4.69) is 44.5 Å². The van der Waals surface area contributed by atoms with Gasteiger partial charge in [-0.25, -0.2) is 0 Å². The van der Waals surface area contributed by atoms with Crippen molar-refractivity contribution < 1.29 is 13.2 Å². The fourth-order valence-electron chi connectivity index (χ4n) is 5.44. The van der Waals surface area contributed by atoms with Crippen LogP contribution in [0.2, 0.25) is 0 Å². The van der Waals surface area contributed by atoms with Crippen molar-refractivity contribution in [2.75, 3.05) is 30.4 Å². The lowest BCUT2D eigenvalue weighted by atomic mass is 9.90. The molecule has 0 aliphatic carbocycles. The fourth-order valence-corrected chi connectivity index (χ4v) is 5.44. The third kappa shape index (κ3) is 3.96. The van der Waals surface area contributed by atoms with Gasteiger partial charge in [-0.2, -0.15) is 18.3 Å². The maximum absolute atomic E-state index is 13.4. The number of piperazine rings is 1. The van der Waals surface area contributed by atoms with Crippen molar-refractivity contribution in [1.29, 1.82) is 0 Å². The van der Waals surface area contributed by atoms with Crippen molar-refractivity contribution in [3.05, 3.63) is 58.8 Å². The third-order valence-corrected chi connectivity index (χ3v) is 7.39. The monoisotopic (exact) mass is 470 g/mol. The molecule has 9 heteroatoms. The molecule has 6 nitrogen and oxygen atoms in total. The number of alkyl halides is 3. The van der Waals surface area contributed by atoms with Crippen LogP contribution in [0.3, 0.4) is 0 Å². The van der Waals surface area contributed by atoms with Crippen LogP contribution in [0.5, 0.6) is 0 Å². The molecular formula is C25H29F3N6. The molecule has 3 atom stereocenters. The van der Waals surface area contributed by atoms with E-state index in [1.54, 1.807) is 6.07 Å². The minimum atomic E-state index is -4.44. The second kappa shape index (κ2) is 8.39. The van der Waals surface area contributed by atoms with Crippen molar-refractivity contribution >= 4 is 22.3 Å². The Morgan fingerprint density at radius 2 is 1.79 bits per heavy atom. The first-order valence-electron chi connectivity index (χ1n) is 11.6. The fraction of sp³-hybridized carbons (Fsp3) is 0.440. The summed E-state index contributed by atoms with van der Waals surface area (Å²) in [5, 5.41) is 13.5. The number of nitrogens with one attached hydrogen (secondary N) is 1. The average molecular weight is 471 g/mol. The van der Waals surface area contributed by atoms with Gasteiger partial charge in [0.25, 0.3) is 0 Å². The van der Waals surface area contributed by atoms with Gasteiger partial charge in [-0.3, -0.25) is 4.90 Å². The first-order chi connectivity index (χ1) is 16.1. The molecule has 180 valence electrons. The van der Waals surface area contributed by atoms with Gasteiger partial charge in [-0.05, 0) is 63.1 Å². The normalized spacial score (nSPS) is 21.8. The molecule has 0 unspecified atom stereocenters. The SMILES string of the molecule is Cc1c([C@@H](N)Nc2nnc(C)c3ccc(N4C[C@@H]5CC[C@H]4CN5C)cc23)cccc1C(F)(F)F. The van der Waals surface area contributed by atoms with E-state index in [9.17, 15) is 13.2 Å². The number of piperidine rings is 2. The molecular weight excluding hydrogens is 441 g/mol. The lowest BCUT2D eigenvalue weighted by molar-refractivity contribution is -0.138. The number of halogens is 3. The molecule has 2 aromatic carbocycles. The lowest BCUT2D eigenvalue weighted by Gasteiger charge is -2.51. The smallest absolute Gasteiger partial charge is 0.366 e. The van der Waals surface area contributed by atoms with E-state index in [-0.39, 0.29) is 5.56 Å². The quantitative estimate of drug-likeness (QED) is 0.543. The van der Waals surface area contributed by atoms with Crippen LogP contribution >= 0.6 is 0 Å². The van der Waals surface area contributed by atoms with Crippen molar-refractivity contribution in [1.82, 2.24) is 15.1 Å². The maximum atomic E-state index is 13.4. The minimum absolute atomic E-state index is 0.105. The zero-order valence-corrected chi connectivity index (χ0v) is 19.5. The molecule has 3 fully saturated rings. The summed E-state index contributed by atoms with van der Waals surface area (Å²) in [6.45, 7) is 5.36. The number of hydrogen-bond donors (Lipinski definition) is 2. The second-order valence-corrected chi connectivity index (χ2v) is 9.48. The molecule has 0 amide bonds. The highest BCUT2D eigenvalue weighted by Gasteiger charge is 2.37. The summed E-state index contributed by atoms with van der Waals surface area (Å²) in [4.78, 5) is 4.90. The Morgan fingerprint density at radius 1 is 1.03 bits per heavy atom. The molecule has 1 aromatic heterocycles. The summed E-state index contributed by atoms with van der Waals surface area (Å²) in [5.74, 6) is 0.464. The summed E-state index contributed by atoms with van der Waals surface area (Å²) in [5.41, 5.74) is 8.05. The standard InChI is InChI=1S/C25H29F3N6/c1-14-19(5-4-6-22(14)25(26,27)28)23(29)30-24-21-11-16(9-10-20(21)15(2)31-32-24)34-13-17-7-8-18(34)12-33(17)3/h4-6,9-11,17-18,23H,7-8,12-13,29H2,1-3H3,(H,30,32)/t17-,18-,23-/m0/s1.